The van der Waals surface area contributed by atoms with Gasteiger partial charge in [0.2, 0.25) is 0 Å². The van der Waals surface area contributed by atoms with E-state index in [1.165, 1.54) is 0 Å². The van der Waals surface area contributed by atoms with Gasteiger partial charge in [-0.05, 0) is 31.2 Å². The van der Waals surface area contributed by atoms with E-state index in [9.17, 15) is 5.11 Å². The molecule has 3 heterocycles. The SMILES string of the molecule is CC1(O)CCN(c2ncnc3ccsc23)CC1. The maximum atomic E-state index is 9.96. The van der Waals surface area contributed by atoms with Crippen molar-refractivity contribution in [1.29, 1.82) is 0 Å². The first-order valence-corrected chi connectivity index (χ1v) is 6.69. The predicted molar refractivity (Wildman–Crippen MR) is 69.5 cm³/mol. The molecule has 1 fully saturated rings. The van der Waals surface area contributed by atoms with Gasteiger partial charge in [0.05, 0.1) is 15.8 Å². The molecule has 90 valence electrons. The number of anilines is 1. The summed E-state index contributed by atoms with van der Waals surface area (Å²) in [4.78, 5) is 10.9. The average Bonchev–Trinajstić information content (AvgIpc) is 2.77. The van der Waals surface area contributed by atoms with E-state index in [0.29, 0.717) is 0 Å². The van der Waals surface area contributed by atoms with Crippen LogP contribution in [0.1, 0.15) is 19.8 Å². The van der Waals surface area contributed by atoms with Crippen LogP contribution >= 0.6 is 11.3 Å². The maximum Gasteiger partial charge on any atom is 0.150 e. The molecule has 0 saturated carbocycles. The van der Waals surface area contributed by atoms with Crippen molar-refractivity contribution in [2.45, 2.75) is 25.4 Å². The van der Waals surface area contributed by atoms with E-state index in [1.54, 1.807) is 17.7 Å². The van der Waals surface area contributed by atoms with Crippen LogP contribution in [0.2, 0.25) is 0 Å². The molecule has 0 aromatic carbocycles. The van der Waals surface area contributed by atoms with Crippen molar-refractivity contribution in [2.75, 3.05) is 18.0 Å². The third-order valence-electron chi connectivity index (χ3n) is 3.36. The molecule has 0 bridgehead atoms. The van der Waals surface area contributed by atoms with E-state index < -0.39 is 5.60 Å². The van der Waals surface area contributed by atoms with E-state index in [0.717, 1.165) is 42.0 Å². The van der Waals surface area contributed by atoms with Crippen LogP contribution in [0.25, 0.3) is 10.2 Å². The molecule has 0 atom stereocenters. The van der Waals surface area contributed by atoms with Gasteiger partial charge in [0, 0.05) is 13.1 Å². The summed E-state index contributed by atoms with van der Waals surface area (Å²) in [5.74, 6) is 1.01. The lowest BCUT2D eigenvalue weighted by molar-refractivity contribution is 0.0350. The third-order valence-corrected chi connectivity index (χ3v) is 4.26. The molecule has 2 aromatic heterocycles. The fourth-order valence-electron chi connectivity index (χ4n) is 2.20. The van der Waals surface area contributed by atoms with Crippen molar-refractivity contribution in [3.8, 4) is 0 Å². The van der Waals surface area contributed by atoms with Crippen LogP contribution in [-0.2, 0) is 0 Å². The normalized spacial score (nSPS) is 19.8. The molecule has 1 N–H and O–H groups in total. The second-order valence-corrected chi connectivity index (χ2v) is 5.73. The minimum atomic E-state index is -0.516. The van der Waals surface area contributed by atoms with Gasteiger partial charge in [-0.2, -0.15) is 0 Å². The topological polar surface area (TPSA) is 49.2 Å². The highest BCUT2D eigenvalue weighted by molar-refractivity contribution is 7.17. The smallest absolute Gasteiger partial charge is 0.150 e. The van der Waals surface area contributed by atoms with Crippen LogP contribution in [0.4, 0.5) is 5.82 Å². The van der Waals surface area contributed by atoms with Crippen molar-refractivity contribution in [3.63, 3.8) is 0 Å². The fraction of sp³-hybridized carbons (Fsp3) is 0.500. The molecule has 0 aliphatic carbocycles. The third kappa shape index (κ3) is 2.00. The molecule has 0 radical (unpaired) electrons. The Labute approximate surface area is 104 Å². The summed E-state index contributed by atoms with van der Waals surface area (Å²) in [5, 5.41) is 12.0. The molecule has 5 heteroatoms. The number of aromatic nitrogens is 2. The van der Waals surface area contributed by atoms with Gasteiger partial charge in [-0.3, -0.25) is 0 Å². The molecule has 17 heavy (non-hydrogen) atoms. The molecule has 1 aliphatic rings. The highest BCUT2D eigenvalue weighted by atomic mass is 32.1. The Hall–Kier alpha value is -1.20. The first-order valence-electron chi connectivity index (χ1n) is 5.81. The van der Waals surface area contributed by atoms with Gasteiger partial charge in [-0.25, -0.2) is 9.97 Å². The van der Waals surface area contributed by atoms with Gasteiger partial charge in [0.1, 0.15) is 12.1 Å². The number of nitrogens with zero attached hydrogens (tertiary/aromatic N) is 3. The van der Waals surface area contributed by atoms with Crippen molar-refractivity contribution in [1.82, 2.24) is 9.97 Å². The zero-order chi connectivity index (χ0) is 11.9. The molecule has 0 amide bonds. The summed E-state index contributed by atoms with van der Waals surface area (Å²) in [7, 11) is 0. The largest absolute Gasteiger partial charge is 0.390 e. The molecular weight excluding hydrogens is 234 g/mol. The zero-order valence-electron chi connectivity index (χ0n) is 9.76. The summed E-state index contributed by atoms with van der Waals surface area (Å²) in [5.41, 5.74) is 0.496. The molecular formula is C12H15N3OS. The van der Waals surface area contributed by atoms with E-state index >= 15 is 0 Å². The highest BCUT2D eigenvalue weighted by Crippen LogP contribution is 2.31. The first kappa shape index (κ1) is 10.9. The molecule has 4 nitrogen and oxygen atoms in total. The van der Waals surface area contributed by atoms with Crippen molar-refractivity contribution in [3.05, 3.63) is 17.8 Å². The molecule has 0 spiro atoms. The summed E-state index contributed by atoms with van der Waals surface area (Å²) >= 11 is 1.68. The summed E-state index contributed by atoms with van der Waals surface area (Å²) < 4.78 is 1.15. The van der Waals surface area contributed by atoms with E-state index in [4.69, 9.17) is 0 Å². The number of hydrogen-bond donors (Lipinski definition) is 1. The monoisotopic (exact) mass is 249 g/mol. The predicted octanol–water partition coefficient (Wildman–Crippen LogP) is 2.04. The van der Waals surface area contributed by atoms with Crippen LogP contribution in [0.15, 0.2) is 17.8 Å². The lowest BCUT2D eigenvalue weighted by Crippen LogP contribution is -2.42. The Kier molecular flexibility index (Phi) is 2.52. The number of hydrogen-bond acceptors (Lipinski definition) is 5. The van der Waals surface area contributed by atoms with Gasteiger partial charge < -0.3 is 10.0 Å². The molecule has 1 saturated heterocycles. The van der Waals surface area contributed by atoms with Crippen LogP contribution < -0.4 is 4.90 Å². The van der Waals surface area contributed by atoms with Gasteiger partial charge in [0.25, 0.3) is 0 Å². The molecule has 0 unspecified atom stereocenters. The Balaban J connectivity index is 1.92. The number of rotatable bonds is 1. The van der Waals surface area contributed by atoms with Crippen LogP contribution in [-0.4, -0.2) is 33.8 Å². The maximum absolute atomic E-state index is 9.96. The Morgan fingerprint density at radius 1 is 1.35 bits per heavy atom. The lowest BCUT2D eigenvalue weighted by atomic mass is 9.94. The Bertz CT molecular complexity index is 527. The second-order valence-electron chi connectivity index (χ2n) is 4.82. The van der Waals surface area contributed by atoms with Crippen LogP contribution in [0.3, 0.4) is 0 Å². The molecule has 1 aliphatic heterocycles. The van der Waals surface area contributed by atoms with Gasteiger partial charge in [0.15, 0.2) is 0 Å². The van der Waals surface area contributed by atoms with Crippen LogP contribution in [0.5, 0.6) is 0 Å². The minimum Gasteiger partial charge on any atom is -0.390 e. The van der Waals surface area contributed by atoms with E-state index in [2.05, 4.69) is 14.9 Å². The lowest BCUT2D eigenvalue weighted by Gasteiger charge is -2.36. The summed E-state index contributed by atoms with van der Waals surface area (Å²) in [6.45, 7) is 3.62. The minimum absolute atomic E-state index is 0.516. The van der Waals surface area contributed by atoms with Crippen molar-refractivity contribution >= 4 is 27.4 Å². The standard InChI is InChI=1S/C12H15N3OS/c1-12(16)3-5-15(6-4-12)11-10-9(2-7-17-10)13-8-14-11/h2,7-8,16H,3-6H2,1H3. The number of aliphatic hydroxyl groups is 1. The molecule has 2 aromatic rings. The molecule has 3 rings (SSSR count). The highest BCUT2D eigenvalue weighted by Gasteiger charge is 2.28. The first-order chi connectivity index (χ1) is 8.16. The van der Waals surface area contributed by atoms with E-state index in [-0.39, 0.29) is 0 Å². The summed E-state index contributed by atoms with van der Waals surface area (Å²) in [6.07, 6.45) is 3.21. The van der Waals surface area contributed by atoms with Gasteiger partial charge in [-0.15, -0.1) is 11.3 Å². The Morgan fingerprint density at radius 3 is 2.88 bits per heavy atom. The van der Waals surface area contributed by atoms with Gasteiger partial charge in [-0.1, -0.05) is 0 Å². The summed E-state index contributed by atoms with van der Waals surface area (Å²) in [6, 6.07) is 2.02. The number of thiophene rings is 1. The zero-order valence-corrected chi connectivity index (χ0v) is 10.6. The second kappa shape index (κ2) is 3.92. The quantitative estimate of drug-likeness (QED) is 0.840. The number of fused-ring (bicyclic) bond motifs is 1. The average molecular weight is 249 g/mol. The Morgan fingerprint density at radius 2 is 2.12 bits per heavy atom. The van der Waals surface area contributed by atoms with E-state index in [1.807, 2.05) is 18.4 Å². The van der Waals surface area contributed by atoms with Crippen LogP contribution in [0, 0.1) is 0 Å². The van der Waals surface area contributed by atoms with Gasteiger partial charge >= 0.3 is 0 Å². The fourth-order valence-corrected chi connectivity index (χ4v) is 3.06. The van der Waals surface area contributed by atoms with Crippen molar-refractivity contribution in [2.24, 2.45) is 0 Å². The van der Waals surface area contributed by atoms with Crippen molar-refractivity contribution < 1.29 is 5.11 Å². The number of piperidine rings is 1.